The Kier molecular flexibility index (Phi) is 2.61. The van der Waals surface area contributed by atoms with Gasteiger partial charge < -0.3 is 4.52 Å². The van der Waals surface area contributed by atoms with Crippen molar-refractivity contribution in [3.05, 3.63) is 11.8 Å². The third-order valence-electron chi connectivity index (χ3n) is 1.55. The molecule has 0 aliphatic rings. The number of halogens is 1. The third-order valence-corrected chi connectivity index (χ3v) is 1.80. The zero-order chi connectivity index (χ0) is 10.1. The van der Waals surface area contributed by atoms with Gasteiger partial charge in [0.2, 0.25) is 6.41 Å². The SMILES string of the molecule is CC(C)(C)c1cc(N(Cl)C=O)no1. The molecule has 0 radical (unpaired) electrons. The van der Waals surface area contributed by atoms with Crippen LogP contribution in [0.5, 0.6) is 0 Å². The molecule has 0 saturated carbocycles. The Bertz CT molecular complexity index is 303. The van der Waals surface area contributed by atoms with Crippen LogP contribution in [0.3, 0.4) is 0 Å². The number of nitrogens with zero attached hydrogens (tertiary/aromatic N) is 2. The topological polar surface area (TPSA) is 46.3 Å². The Morgan fingerprint density at radius 1 is 1.62 bits per heavy atom. The fourth-order valence-corrected chi connectivity index (χ4v) is 0.854. The average molecular weight is 203 g/mol. The molecule has 0 bridgehead atoms. The van der Waals surface area contributed by atoms with Crippen LogP contribution < -0.4 is 4.42 Å². The lowest BCUT2D eigenvalue weighted by molar-refractivity contribution is -0.106. The maximum absolute atomic E-state index is 10.3. The van der Waals surface area contributed by atoms with Crippen LogP contribution in [0.15, 0.2) is 10.6 Å². The fourth-order valence-electron chi connectivity index (χ4n) is 0.774. The van der Waals surface area contributed by atoms with Gasteiger partial charge in [-0.25, -0.2) is 4.42 Å². The largest absolute Gasteiger partial charge is 0.359 e. The van der Waals surface area contributed by atoms with Crippen molar-refractivity contribution < 1.29 is 9.32 Å². The average Bonchev–Trinajstić information content (AvgIpc) is 2.50. The minimum atomic E-state index is -0.133. The number of amides is 1. The summed E-state index contributed by atoms with van der Waals surface area (Å²) in [5, 5.41) is 3.64. The standard InChI is InChI=1S/C8H11ClN2O2/c1-8(2,3)6-4-7(10-13-6)11(9)5-12/h4-5H,1-3H3. The Morgan fingerprint density at radius 2 is 2.23 bits per heavy atom. The van der Waals surface area contributed by atoms with E-state index in [1.165, 1.54) is 0 Å². The van der Waals surface area contributed by atoms with Gasteiger partial charge in [0.15, 0.2) is 5.82 Å². The summed E-state index contributed by atoms with van der Waals surface area (Å²) in [6.45, 7) is 5.95. The molecule has 13 heavy (non-hydrogen) atoms. The number of carbonyl (C=O) groups excluding carboxylic acids is 1. The summed E-state index contributed by atoms with van der Waals surface area (Å²) in [5.41, 5.74) is -0.133. The van der Waals surface area contributed by atoms with E-state index in [9.17, 15) is 4.79 Å². The highest BCUT2D eigenvalue weighted by Crippen LogP contribution is 2.25. The Labute approximate surface area is 81.6 Å². The smallest absolute Gasteiger partial charge is 0.230 e. The molecule has 5 heteroatoms. The summed E-state index contributed by atoms with van der Waals surface area (Å²) in [6.07, 6.45) is 0.464. The predicted octanol–water partition coefficient (Wildman–Crippen LogP) is 2.09. The molecular weight excluding hydrogens is 192 g/mol. The van der Waals surface area contributed by atoms with Gasteiger partial charge in [0, 0.05) is 23.3 Å². The van der Waals surface area contributed by atoms with Crippen molar-refractivity contribution in [3.63, 3.8) is 0 Å². The lowest BCUT2D eigenvalue weighted by Gasteiger charge is -2.12. The minimum absolute atomic E-state index is 0.133. The zero-order valence-corrected chi connectivity index (χ0v) is 8.50. The van der Waals surface area contributed by atoms with Crippen LogP contribution in [0.1, 0.15) is 26.5 Å². The van der Waals surface area contributed by atoms with Crippen molar-refractivity contribution in [2.45, 2.75) is 26.2 Å². The molecule has 1 amide bonds. The number of hydrogen-bond donors (Lipinski definition) is 0. The first kappa shape index (κ1) is 10.1. The predicted molar refractivity (Wildman–Crippen MR) is 49.6 cm³/mol. The summed E-state index contributed by atoms with van der Waals surface area (Å²) < 4.78 is 5.86. The quantitative estimate of drug-likeness (QED) is 0.545. The lowest BCUT2D eigenvalue weighted by atomic mass is 9.93. The van der Waals surface area contributed by atoms with E-state index in [1.54, 1.807) is 6.07 Å². The van der Waals surface area contributed by atoms with Crippen LogP contribution >= 0.6 is 11.8 Å². The van der Waals surface area contributed by atoms with Crippen LogP contribution in [0.25, 0.3) is 0 Å². The third kappa shape index (κ3) is 2.21. The normalized spacial score (nSPS) is 11.4. The molecule has 0 aliphatic heterocycles. The van der Waals surface area contributed by atoms with Crippen LogP contribution in [-0.2, 0) is 10.2 Å². The molecule has 1 aromatic heterocycles. The van der Waals surface area contributed by atoms with Crippen LogP contribution in [-0.4, -0.2) is 11.6 Å². The van der Waals surface area contributed by atoms with Gasteiger partial charge in [-0.3, -0.25) is 4.79 Å². The van der Waals surface area contributed by atoms with Crippen molar-refractivity contribution in [1.29, 1.82) is 0 Å². The molecule has 0 atom stereocenters. The highest BCUT2D eigenvalue weighted by molar-refractivity contribution is 6.32. The molecule has 0 aliphatic carbocycles. The van der Waals surface area contributed by atoms with Gasteiger partial charge >= 0.3 is 0 Å². The molecule has 0 N–H and O–H groups in total. The fraction of sp³-hybridized carbons (Fsp3) is 0.500. The summed E-state index contributed by atoms with van der Waals surface area (Å²) >= 11 is 5.50. The minimum Gasteiger partial charge on any atom is -0.359 e. The van der Waals surface area contributed by atoms with E-state index in [0.29, 0.717) is 18.0 Å². The first-order valence-electron chi connectivity index (χ1n) is 3.82. The molecular formula is C8H11ClN2O2. The van der Waals surface area contributed by atoms with E-state index in [4.69, 9.17) is 16.3 Å². The van der Waals surface area contributed by atoms with Gasteiger partial charge in [-0.15, -0.1) is 0 Å². The molecule has 1 heterocycles. The number of carbonyl (C=O) groups is 1. The van der Waals surface area contributed by atoms with E-state index >= 15 is 0 Å². The van der Waals surface area contributed by atoms with Crippen molar-refractivity contribution in [2.24, 2.45) is 0 Å². The summed E-state index contributed by atoms with van der Waals surface area (Å²) in [7, 11) is 0. The first-order valence-corrected chi connectivity index (χ1v) is 4.16. The van der Waals surface area contributed by atoms with Gasteiger partial charge in [0.1, 0.15) is 5.76 Å². The summed E-state index contributed by atoms with van der Waals surface area (Å²) in [6, 6.07) is 1.64. The molecule has 0 aromatic carbocycles. The van der Waals surface area contributed by atoms with E-state index < -0.39 is 0 Å². The van der Waals surface area contributed by atoms with Crippen LogP contribution in [0.4, 0.5) is 5.82 Å². The molecule has 0 unspecified atom stereocenters. The Balaban J connectivity index is 2.93. The second-order valence-corrected chi connectivity index (χ2v) is 4.08. The van der Waals surface area contributed by atoms with E-state index in [1.807, 2.05) is 20.8 Å². The van der Waals surface area contributed by atoms with Crippen molar-refractivity contribution in [3.8, 4) is 0 Å². The van der Waals surface area contributed by atoms with Gasteiger partial charge in [0.25, 0.3) is 0 Å². The summed E-state index contributed by atoms with van der Waals surface area (Å²) in [4.78, 5) is 10.3. The van der Waals surface area contributed by atoms with Gasteiger partial charge in [-0.1, -0.05) is 25.9 Å². The highest BCUT2D eigenvalue weighted by Gasteiger charge is 2.21. The number of rotatable bonds is 2. The molecule has 1 aromatic rings. The van der Waals surface area contributed by atoms with Gasteiger partial charge in [0.05, 0.1) is 0 Å². The molecule has 0 fully saturated rings. The van der Waals surface area contributed by atoms with Gasteiger partial charge in [-0.05, 0) is 0 Å². The lowest BCUT2D eigenvalue weighted by Crippen LogP contribution is -2.09. The van der Waals surface area contributed by atoms with Crippen LogP contribution in [0, 0.1) is 0 Å². The number of anilines is 1. The Morgan fingerprint density at radius 3 is 2.62 bits per heavy atom. The monoisotopic (exact) mass is 202 g/mol. The molecule has 0 saturated heterocycles. The van der Waals surface area contributed by atoms with Crippen molar-refractivity contribution in [2.75, 3.05) is 4.42 Å². The maximum atomic E-state index is 10.3. The van der Waals surface area contributed by atoms with E-state index in [0.717, 1.165) is 4.42 Å². The molecule has 4 nitrogen and oxygen atoms in total. The van der Waals surface area contributed by atoms with Gasteiger partial charge in [-0.2, -0.15) is 0 Å². The molecule has 0 spiro atoms. The second kappa shape index (κ2) is 3.38. The molecule has 72 valence electrons. The van der Waals surface area contributed by atoms with Crippen molar-refractivity contribution in [1.82, 2.24) is 5.16 Å². The zero-order valence-electron chi connectivity index (χ0n) is 7.74. The van der Waals surface area contributed by atoms with E-state index in [-0.39, 0.29) is 5.41 Å². The first-order chi connectivity index (χ1) is 5.95. The van der Waals surface area contributed by atoms with Crippen LogP contribution in [0.2, 0.25) is 0 Å². The summed E-state index contributed by atoms with van der Waals surface area (Å²) in [5.74, 6) is 0.997. The maximum Gasteiger partial charge on any atom is 0.230 e. The van der Waals surface area contributed by atoms with E-state index in [2.05, 4.69) is 5.16 Å². The highest BCUT2D eigenvalue weighted by atomic mass is 35.5. The van der Waals surface area contributed by atoms with Crippen molar-refractivity contribution >= 4 is 24.0 Å². The molecule has 1 rings (SSSR count). The second-order valence-electron chi connectivity index (χ2n) is 3.72. The number of hydrogen-bond acceptors (Lipinski definition) is 3. The number of aromatic nitrogens is 1. The Hall–Kier alpha value is -1.03.